The van der Waals surface area contributed by atoms with Crippen LogP contribution in [0.4, 0.5) is 5.13 Å². The number of carbonyl (C=O) groups is 1. The van der Waals surface area contributed by atoms with Crippen molar-refractivity contribution in [2.75, 3.05) is 37.3 Å². The lowest BCUT2D eigenvalue weighted by molar-refractivity contribution is 0.0987. The number of hydrogen-bond acceptors (Lipinski definition) is 6. The van der Waals surface area contributed by atoms with E-state index < -0.39 is 0 Å². The molecular weight excluding hydrogens is 462 g/mol. The summed E-state index contributed by atoms with van der Waals surface area (Å²) in [6, 6.07) is 10.1. The second kappa shape index (κ2) is 9.52. The fraction of sp³-hybridized carbons (Fsp3) is 0.368. The van der Waals surface area contributed by atoms with Crippen LogP contribution in [0, 0.1) is 0 Å². The highest BCUT2D eigenvalue weighted by Crippen LogP contribution is 2.33. The van der Waals surface area contributed by atoms with E-state index in [2.05, 4.69) is 53.1 Å². The number of thiazole rings is 1. The molecule has 0 saturated carbocycles. The maximum absolute atomic E-state index is 13.2. The Hall–Kier alpha value is -0.930. The lowest BCUT2D eigenvalue weighted by Crippen LogP contribution is -2.38. The predicted molar refractivity (Wildman–Crippen MR) is 123 cm³/mol. The van der Waals surface area contributed by atoms with Gasteiger partial charge in [0.2, 0.25) is 0 Å². The number of anilines is 1. The number of nitrogens with zero attached hydrogens (tertiary/aromatic N) is 3. The third kappa shape index (κ3) is 4.92. The van der Waals surface area contributed by atoms with Gasteiger partial charge in [-0.25, -0.2) is 4.98 Å². The van der Waals surface area contributed by atoms with Crippen LogP contribution in [0.1, 0.15) is 23.5 Å². The van der Waals surface area contributed by atoms with Gasteiger partial charge in [0, 0.05) is 18.0 Å². The molecule has 27 heavy (non-hydrogen) atoms. The topological polar surface area (TPSA) is 36.4 Å². The first-order valence-electron chi connectivity index (χ1n) is 8.79. The first kappa shape index (κ1) is 20.8. The zero-order valence-electron chi connectivity index (χ0n) is 15.6. The van der Waals surface area contributed by atoms with Crippen molar-refractivity contribution in [3.8, 4) is 0 Å². The van der Waals surface area contributed by atoms with Crippen molar-refractivity contribution in [2.24, 2.45) is 0 Å². The average Bonchev–Trinajstić information content (AvgIpc) is 3.30. The smallest absolute Gasteiger partial charge is 0.270 e. The Labute approximate surface area is 180 Å². The molecule has 1 aromatic carbocycles. The van der Waals surface area contributed by atoms with E-state index in [0.29, 0.717) is 6.54 Å². The van der Waals surface area contributed by atoms with Gasteiger partial charge in [0.05, 0.1) is 18.9 Å². The quantitative estimate of drug-likeness (QED) is 0.377. The second-order valence-corrected chi connectivity index (χ2v) is 10.3. The van der Waals surface area contributed by atoms with Crippen molar-refractivity contribution in [2.45, 2.75) is 18.7 Å². The maximum Gasteiger partial charge on any atom is 0.270 e. The van der Waals surface area contributed by atoms with Crippen molar-refractivity contribution < 1.29 is 4.79 Å². The van der Waals surface area contributed by atoms with Crippen LogP contribution in [-0.2, 0) is 0 Å². The molecule has 3 aromatic rings. The molecule has 0 aliphatic rings. The number of halogens is 1. The molecule has 144 valence electrons. The molecule has 0 atom stereocenters. The van der Waals surface area contributed by atoms with E-state index >= 15 is 0 Å². The van der Waals surface area contributed by atoms with E-state index in [-0.39, 0.29) is 5.91 Å². The van der Waals surface area contributed by atoms with Crippen LogP contribution in [0.25, 0.3) is 10.2 Å². The average molecular weight is 485 g/mol. The summed E-state index contributed by atoms with van der Waals surface area (Å²) in [7, 11) is 0. The van der Waals surface area contributed by atoms with Gasteiger partial charge >= 0.3 is 0 Å². The summed E-state index contributed by atoms with van der Waals surface area (Å²) >= 11 is 8.22. The first-order valence-corrected chi connectivity index (χ1v) is 12.4. The number of aromatic nitrogens is 1. The van der Waals surface area contributed by atoms with Crippen LogP contribution in [0.2, 0.25) is 0 Å². The molecule has 0 unspecified atom stereocenters. The van der Waals surface area contributed by atoms with Gasteiger partial charge in [-0.2, -0.15) is 0 Å². The van der Waals surface area contributed by atoms with E-state index in [4.69, 9.17) is 4.98 Å². The van der Waals surface area contributed by atoms with Crippen molar-refractivity contribution >= 4 is 71.6 Å². The van der Waals surface area contributed by atoms with Crippen molar-refractivity contribution in [1.82, 2.24) is 9.88 Å². The monoisotopic (exact) mass is 483 g/mol. The van der Waals surface area contributed by atoms with Gasteiger partial charge < -0.3 is 4.90 Å². The normalized spacial score (nSPS) is 11.4. The minimum atomic E-state index is 0.0157. The number of thiophene rings is 1. The molecule has 4 nitrogen and oxygen atoms in total. The molecule has 8 heteroatoms. The molecule has 2 aromatic heterocycles. The minimum absolute atomic E-state index is 0.0157. The number of carbonyl (C=O) groups excluding carboxylic acids is 1. The number of likely N-dealkylation sites (N-methyl/N-ethyl adjacent to an activating group) is 1. The highest BCUT2D eigenvalue weighted by Gasteiger charge is 2.23. The number of amides is 1. The Kier molecular flexibility index (Phi) is 7.33. The Bertz CT molecular complexity index is 920. The molecule has 0 aliphatic carbocycles. The van der Waals surface area contributed by atoms with E-state index in [1.807, 2.05) is 23.1 Å². The number of benzene rings is 1. The summed E-state index contributed by atoms with van der Waals surface area (Å²) in [4.78, 5) is 24.1. The predicted octanol–water partition coefficient (Wildman–Crippen LogP) is 5.83. The molecule has 2 heterocycles. The summed E-state index contributed by atoms with van der Waals surface area (Å²) in [5.74, 6) is 0.0157. The fourth-order valence-electron chi connectivity index (χ4n) is 2.76. The summed E-state index contributed by atoms with van der Waals surface area (Å²) < 4.78 is 2.08. The summed E-state index contributed by atoms with van der Waals surface area (Å²) in [6.45, 7) is 7.70. The van der Waals surface area contributed by atoms with Crippen LogP contribution in [0.3, 0.4) is 0 Å². The SMILES string of the molecule is CCN(CC)CCN(C(=O)c1ccc(Br)s1)c1nc2ccc(SC)cc2s1. The number of fused-ring (bicyclic) bond motifs is 1. The maximum atomic E-state index is 13.2. The van der Waals surface area contributed by atoms with E-state index in [0.717, 1.165) is 43.6 Å². The van der Waals surface area contributed by atoms with Crippen molar-refractivity contribution in [1.29, 1.82) is 0 Å². The third-order valence-electron chi connectivity index (χ3n) is 4.38. The minimum Gasteiger partial charge on any atom is -0.302 e. The molecule has 3 rings (SSSR count). The standard InChI is InChI=1S/C19H22BrN3OS3/c1-4-22(5-2)10-11-23(18(24)15-8-9-17(20)26-15)19-21-14-7-6-13(25-3)12-16(14)27-19/h6-9,12H,4-5,10-11H2,1-3H3. The van der Waals surface area contributed by atoms with Gasteiger partial charge in [0.15, 0.2) is 5.13 Å². The number of rotatable bonds is 8. The van der Waals surface area contributed by atoms with Crippen LogP contribution < -0.4 is 4.90 Å². The zero-order valence-corrected chi connectivity index (χ0v) is 19.6. The highest BCUT2D eigenvalue weighted by molar-refractivity contribution is 9.11. The molecule has 0 aliphatic heterocycles. The Balaban J connectivity index is 1.94. The van der Waals surface area contributed by atoms with E-state index in [1.165, 1.54) is 16.2 Å². The molecule has 0 N–H and O–H groups in total. The zero-order chi connectivity index (χ0) is 19.4. The van der Waals surface area contributed by atoms with Crippen LogP contribution >= 0.6 is 50.4 Å². The van der Waals surface area contributed by atoms with Gasteiger partial charge in [0.1, 0.15) is 0 Å². The van der Waals surface area contributed by atoms with Crippen LogP contribution in [-0.4, -0.2) is 48.2 Å². The van der Waals surface area contributed by atoms with E-state index in [9.17, 15) is 4.79 Å². The summed E-state index contributed by atoms with van der Waals surface area (Å²) in [5.41, 5.74) is 0.945. The summed E-state index contributed by atoms with van der Waals surface area (Å²) in [6.07, 6.45) is 2.07. The Morgan fingerprint density at radius 2 is 1.93 bits per heavy atom. The van der Waals surface area contributed by atoms with Crippen molar-refractivity contribution in [3.63, 3.8) is 0 Å². The van der Waals surface area contributed by atoms with Gasteiger partial charge in [0.25, 0.3) is 5.91 Å². The van der Waals surface area contributed by atoms with Gasteiger partial charge in [-0.05, 0) is 65.6 Å². The number of hydrogen-bond donors (Lipinski definition) is 0. The molecule has 0 bridgehead atoms. The fourth-order valence-corrected chi connectivity index (χ4v) is 5.64. The van der Waals surface area contributed by atoms with Gasteiger partial charge in [-0.3, -0.25) is 9.69 Å². The lowest BCUT2D eigenvalue weighted by atomic mass is 10.3. The van der Waals surface area contributed by atoms with E-state index in [1.54, 1.807) is 23.1 Å². The molecule has 1 amide bonds. The molecule has 0 radical (unpaired) electrons. The number of thioether (sulfide) groups is 1. The highest BCUT2D eigenvalue weighted by atomic mass is 79.9. The summed E-state index contributed by atoms with van der Waals surface area (Å²) in [5, 5.41) is 0.768. The van der Waals surface area contributed by atoms with Crippen LogP contribution in [0.5, 0.6) is 0 Å². The second-order valence-electron chi connectivity index (χ2n) is 5.92. The van der Waals surface area contributed by atoms with Crippen LogP contribution in [0.15, 0.2) is 39.0 Å². The third-order valence-corrected chi connectivity index (χ3v) is 7.76. The van der Waals surface area contributed by atoms with Gasteiger partial charge in [-0.1, -0.05) is 25.2 Å². The molecule has 0 spiro atoms. The molecule has 0 fully saturated rings. The molecule has 0 saturated heterocycles. The lowest BCUT2D eigenvalue weighted by Gasteiger charge is -2.24. The first-order chi connectivity index (χ1) is 13.0. The molecular formula is C19H22BrN3OS3. The Morgan fingerprint density at radius 1 is 1.15 bits per heavy atom. The van der Waals surface area contributed by atoms with Crippen molar-refractivity contribution in [3.05, 3.63) is 39.0 Å². The van der Waals surface area contributed by atoms with Gasteiger partial charge in [-0.15, -0.1) is 23.1 Å². The largest absolute Gasteiger partial charge is 0.302 e. The Morgan fingerprint density at radius 3 is 2.56 bits per heavy atom.